The molecule has 0 bridgehead atoms. The highest BCUT2D eigenvalue weighted by molar-refractivity contribution is 6.04. The van der Waals surface area contributed by atoms with Crippen molar-refractivity contribution in [1.82, 2.24) is 5.32 Å². The van der Waals surface area contributed by atoms with E-state index in [4.69, 9.17) is 5.26 Å². The zero-order valence-corrected chi connectivity index (χ0v) is 14.5. The van der Waals surface area contributed by atoms with Gasteiger partial charge in [-0.3, -0.25) is 9.59 Å². The standard InChI is InChI=1S/C22H17N3O2/c23-14-16-9-11-18(12-10-16)21(26)24-15-17-5-4-6-19(13-17)22(27)25-20-7-2-1-3-8-20/h1-13H,15H2,(H,24,26)(H,25,27). The largest absolute Gasteiger partial charge is 0.348 e. The number of nitrogens with one attached hydrogen (secondary N) is 2. The minimum Gasteiger partial charge on any atom is -0.348 e. The first-order valence-corrected chi connectivity index (χ1v) is 8.39. The Hall–Kier alpha value is -3.91. The van der Waals surface area contributed by atoms with Crippen molar-refractivity contribution in [2.75, 3.05) is 5.32 Å². The Morgan fingerprint density at radius 3 is 2.26 bits per heavy atom. The van der Waals surface area contributed by atoms with Crippen LogP contribution in [0.15, 0.2) is 78.9 Å². The lowest BCUT2D eigenvalue weighted by Crippen LogP contribution is -2.23. The third-order valence-corrected chi connectivity index (χ3v) is 3.95. The SMILES string of the molecule is N#Cc1ccc(C(=O)NCc2cccc(C(=O)Nc3ccccc3)c2)cc1. The number of benzene rings is 3. The summed E-state index contributed by atoms with van der Waals surface area (Å²) < 4.78 is 0. The highest BCUT2D eigenvalue weighted by atomic mass is 16.2. The molecule has 0 fully saturated rings. The van der Waals surface area contributed by atoms with Gasteiger partial charge in [-0.1, -0.05) is 30.3 Å². The second-order valence-electron chi connectivity index (χ2n) is 5.89. The molecular formula is C22H17N3O2. The normalized spacial score (nSPS) is 9.89. The Balaban J connectivity index is 1.62. The molecule has 0 aliphatic carbocycles. The molecular weight excluding hydrogens is 338 g/mol. The summed E-state index contributed by atoms with van der Waals surface area (Å²) in [6.45, 7) is 0.297. The van der Waals surface area contributed by atoms with Crippen LogP contribution >= 0.6 is 0 Å². The Kier molecular flexibility index (Phi) is 5.60. The molecule has 0 saturated heterocycles. The number of carbonyl (C=O) groups excluding carboxylic acids is 2. The number of para-hydroxylation sites is 1. The second-order valence-corrected chi connectivity index (χ2v) is 5.89. The zero-order valence-electron chi connectivity index (χ0n) is 14.5. The molecule has 0 radical (unpaired) electrons. The molecule has 27 heavy (non-hydrogen) atoms. The van der Waals surface area contributed by atoms with E-state index in [0.717, 1.165) is 11.3 Å². The molecule has 5 heteroatoms. The molecule has 0 saturated carbocycles. The maximum absolute atomic E-state index is 12.4. The Morgan fingerprint density at radius 1 is 0.815 bits per heavy atom. The minimum atomic E-state index is -0.237. The van der Waals surface area contributed by atoms with Gasteiger partial charge in [-0.2, -0.15) is 5.26 Å². The quantitative estimate of drug-likeness (QED) is 0.731. The predicted molar refractivity (Wildman–Crippen MR) is 103 cm³/mol. The molecule has 0 atom stereocenters. The number of hydrogen-bond acceptors (Lipinski definition) is 3. The van der Waals surface area contributed by atoms with E-state index in [1.807, 2.05) is 42.5 Å². The van der Waals surface area contributed by atoms with Gasteiger partial charge in [-0.15, -0.1) is 0 Å². The minimum absolute atomic E-state index is 0.207. The van der Waals surface area contributed by atoms with Crippen molar-refractivity contribution in [2.24, 2.45) is 0 Å². The zero-order chi connectivity index (χ0) is 19.1. The first-order valence-electron chi connectivity index (χ1n) is 8.39. The highest BCUT2D eigenvalue weighted by Crippen LogP contribution is 2.11. The van der Waals surface area contributed by atoms with E-state index in [2.05, 4.69) is 10.6 Å². The van der Waals surface area contributed by atoms with Crippen molar-refractivity contribution in [2.45, 2.75) is 6.54 Å². The Bertz CT molecular complexity index is 990. The molecule has 0 heterocycles. The summed E-state index contributed by atoms with van der Waals surface area (Å²) >= 11 is 0. The predicted octanol–water partition coefficient (Wildman–Crippen LogP) is 3.74. The van der Waals surface area contributed by atoms with E-state index >= 15 is 0 Å². The van der Waals surface area contributed by atoms with E-state index in [-0.39, 0.29) is 11.8 Å². The third-order valence-electron chi connectivity index (χ3n) is 3.95. The third kappa shape index (κ3) is 4.80. The number of nitrogens with zero attached hydrogens (tertiary/aromatic N) is 1. The first kappa shape index (κ1) is 17.9. The number of carbonyl (C=O) groups is 2. The van der Waals surface area contributed by atoms with E-state index < -0.39 is 0 Å². The highest BCUT2D eigenvalue weighted by Gasteiger charge is 2.08. The summed E-state index contributed by atoms with van der Waals surface area (Å²) in [6, 6.07) is 24.8. The number of amides is 2. The van der Waals surface area contributed by atoms with E-state index in [0.29, 0.717) is 23.2 Å². The summed E-state index contributed by atoms with van der Waals surface area (Å²) in [5.74, 6) is -0.444. The fourth-order valence-corrected chi connectivity index (χ4v) is 2.53. The Labute approximate surface area is 157 Å². The average molecular weight is 355 g/mol. The maximum Gasteiger partial charge on any atom is 0.255 e. The van der Waals surface area contributed by atoms with Crippen LogP contribution in [-0.2, 0) is 6.54 Å². The van der Waals surface area contributed by atoms with Gasteiger partial charge in [0.05, 0.1) is 11.6 Å². The van der Waals surface area contributed by atoms with Crippen LogP contribution in [0.3, 0.4) is 0 Å². The fourth-order valence-electron chi connectivity index (χ4n) is 2.53. The van der Waals surface area contributed by atoms with Crippen LogP contribution in [0.25, 0.3) is 0 Å². The fraction of sp³-hybridized carbons (Fsp3) is 0.0455. The number of hydrogen-bond donors (Lipinski definition) is 2. The molecule has 3 aromatic rings. The van der Waals surface area contributed by atoms with Gasteiger partial charge in [0.25, 0.3) is 11.8 Å². The van der Waals surface area contributed by atoms with Gasteiger partial charge in [0.2, 0.25) is 0 Å². The van der Waals surface area contributed by atoms with Crippen LogP contribution in [0, 0.1) is 11.3 Å². The maximum atomic E-state index is 12.4. The summed E-state index contributed by atoms with van der Waals surface area (Å²) in [6.07, 6.45) is 0. The summed E-state index contributed by atoms with van der Waals surface area (Å²) in [5.41, 5.74) is 3.04. The topological polar surface area (TPSA) is 82.0 Å². The van der Waals surface area contributed by atoms with Gasteiger partial charge < -0.3 is 10.6 Å². The molecule has 0 aromatic heterocycles. The van der Waals surface area contributed by atoms with E-state index in [1.165, 1.54) is 0 Å². The molecule has 3 aromatic carbocycles. The van der Waals surface area contributed by atoms with Crippen molar-refractivity contribution in [3.8, 4) is 6.07 Å². The smallest absolute Gasteiger partial charge is 0.255 e. The van der Waals surface area contributed by atoms with Crippen LogP contribution in [0.1, 0.15) is 31.8 Å². The van der Waals surface area contributed by atoms with Crippen LogP contribution in [0.2, 0.25) is 0 Å². The van der Waals surface area contributed by atoms with Crippen molar-refractivity contribution in [3.05, 3.63) is 101 Å². The van der Waals surface area contributed by atoms with Crippen molar-refractivity contribution in [1.29, 1.82) is 5.26 Å². The molecule has 0 aliphatic heterocycles. The van der Waals surface area contributed by atoms with Crippen molar-refractivity contribution in [3.63, 3.8) is 0 Å². The second kappa shape index (κ2) is 8.45. The molecule has 2 N–H and O–H groups in total. The van der Waals surface area contributed by atoms with E-state index in [9.17, 15) is 9.59 Å². The van der Waals surface area contributed by atoms with Gasteiger partial charge in [0.15, 0.2) is 0 Å². The average Bonchev–Trinajstić information content (AvgIpc) is 2.73. The van der Waals surface area contributed by atoms with Gasteiger partial charge in [-0.05, 0) is 54.1 Å². The van der Waals surface area contributed by atoms with Gasteiger partial charge in [-0.25, -0.2) is 0 Å². The molecule has 5 nitrogen and oxygen atoms in total. The molecule has 2 amide bonds. The monoisotopic (exact) mass is 355 g/mol. The first-order chi connectivity index (χ1) is 13.2. The van der Waals surface area contributed by atoms with Gasteiger partial charge >= 0.3 is 0 Å². The molecule has 0 aliphatic rings. The Morgan fingerprint density at radius 2 is 1.56 bits per heavy atom. The number of nitriles is 1. The number of anilines is 1. The lowest BCUT2D eigenvalue weighted by molar-refractivity contribution is 0.0950. The molecule has 3 rings (SSSR count). The van der Waals surface area contributed by atoms with Crippen LogP contribution in [0.5, 0.6) is 0 Å². The van der Waals surface area contributed by atoms with Gasteiger partial charge in [0, 0.05) is 23.4 Å². The molecule has 0 unspecified atom stereocenters. The molecule has 132 valence electrons. The summed E-state index contributed by atoms with van der Waals surface area (Å²) in [5, 5.41) is 14.4. The van der Waals surface area contributed by atoms with Gasteiger partial charge in [0.1, 0.15) is 0 Å². The lowest BCUT2D eigenvalue weighted by atomic mass is 10.1. The number of rotatable bonds is 5. The van der Waals surface area contributed by atoms with Crippen LogP contribution in [-0.4, -0.2) is 11.8 Å². The van der Waals surface area contributed by atoms with Crippen LogP contribution in [0.4, 0.5) is 5.69 Å². The van der Waals surface area contributed by atoms with Crippen molar-refractivity contribution >= 4 is 17.5 Å². The van der Waals surface area contributed by atoms with Crippen molar-refractivity contribution < 1.29 is 9.59 Å². The lowest BCUT2D eigenvalue weighted by Gasteiger charge is -2.08. The summed E-state index contributed by atoms with van der Waals surface area (Å²) in [7, 11) is 0. The summed E-state index contributed by atoms with van der Waals surface area (Å²) in [4.78, 5) is 24.6. The molecule has 0 spiro atoms. The van der Waals surface area contributed by atoms with Crippen LogP contribution < -0.4 is 10.6 Å². The van der Waals surface area contributed by atoms with E-state index in [1.54, 1.807) is 42.5 Å².